The number of nitrogens with zero attached hydrogens (tertiary/aromatic N) is 1. The molecular formula is C23H20N2O7. The third kappa shape index (κ3) is 4.84. The van der Waals surface area contributed by atoms with Crippen LogP contribution in [0.4, 0.5) is 0 Å². The van der Waals surface area contributed by atoms with Crippen molar-refractivity contribution in [1.82, 2.24) is 9.55 Å². The summed E-state index contributed by atoms with van der Waals surface area (Å²) in [5.74, 6) is -1.11. The Kier molecular flexibility index (Phi) is 6.27. The summed E-state index contributed by atoms with van der Waals surface area (Å²) in [5.41, 5.74) is -0.462. The number of esters is 2. The number of H-pyrrole nitrogens is 1. The van der Waals surface area contributed by atoms with Gasteiger partial charge in [-0.25, -0.2) is 14.4 Å². The Morgan fingerprint density at radius 2 is 1.56 bits per heavy atom. The average Bonchev–Trinajstić information content (AvgIpc) is 3.20. The van der Waals surface area contributed by atoms with E-state index < -0.39 is 41.6 Å². The molecule has 1 aliphatic rings. The van der Waals surface area contributed by atoms with Crippen LogP contribution in [-0.4, -0.2) is 40.3 Å². The van der Waals surface area contributed by atoms with Gasteiger partial charge in [0.25, 0.3) is 5.56 Å². The number of nitrogens with one attached hydrogen (secondary N) is 1. The van der Waals surface area contributed by atoms with Crippen LogP contribution in [0.1, 0.15) is 33.4 Å². The Morgan fingerprint density at radius 3 is 2.19 bits per heavy atom. The molecule has 0 unspecified atom stereocenters. The summed E-state index contributed by atoms with van der Waals surface area (Å²) in [6.45, 7) is -0.185. The third-order valence-corrected chi connectivity index (χ3v) is 5.00. The van der Waals surface area contributed by atoms with E-state index in [1.165, 1.54) is 16.8 Å². The standard InChI is InChI=1S/C23H20N2O7/c26-19-11-12-25(23(29)24-19)20-13-17(32-22(28)16-9-5-2-6-10-16)18(31-20)14-30-21(27)15-7-3-1-4-8-15/h1-12,17-18,20H,13-14H2,(H,24,26,29)/t17-,18+,20-/m1/s1. The van der Waals surface area contributed by atoms with Crippen LogP contribution < -0.4 is 11.2 Å². The summed E-state index contributed by atoms with van der Waals surface area (Å²) in [5, 5.41) is 0. The normalized spacial score (nSPS) is 19.9. The molecule has 164 valence electrons. The maximum Gasteiger partial charge on any atom is 0.338 e. The highest BCUT2D eigenvalue weighted by Gasteiger charge is 2.40. The Balaban J connectivity index is 1.51. The quantitative estimate of drug-likeness (QED) is 0.587. The number of rotatable bonds is 6. The van der Waals surface area contributed by atoms with Gasteiger partial charge in [0.15, 0.2) is 0 Å². The molecule has 9 nitrogen and oxygen atoms in total. The van der Waals surface area contributed by atoms with Crippen LogP contribution >= 0.6 is 0 Å². The number of aromatic nitrogens is 2. The molecule has 1 N–H and O–H groups in total. The number of carbonyl (C=O) groups is 2. The molecule has 2 heterocycles. The van der Waals surface area contributed by atoms with Gasteiger partial charge in [-0.05, 0) is 24.3 Å². The minimum Gasteiger partial charge on any atom is -0.459 e. The third-order valence-electron chi connectivity index (χ3n) is 5.00. The molecule has 9 heteroatoms. The van der Waals surface area contributed by atoms with E-state index in [4.69, 9.17) is 14.2 Å². The van der Waals surface area contributed by atoms with Gasteiger partial charge in [0, 0.05) is 18.7 Å². The summed E-state index contributed by atoms with van der Waals surface area (Å²) < 4.78 is 18.1. The first-order valence-corrected chi connectivity index (χ1v) is 9.96. The lowest BCUT2D eigenvalue weighted by Gasteiger charge is -2.19. The van der Waals surface area contributed by atoms with E-state index in [1.807, 2.05) is 0 Å². The first-order valence-electron chi connectivity index (χ1n) is 9.96. The molecular weight excluding hydrogens is 416 g/mol. The second-order valence-electron chi connectivity index (χ2n) is 7.16. The molecule has 0 radical (unpaired) electrons. The lowest BCUT2D eigenvalue weighted by atomic mass is 10.1. The highest BCUT2D eigenvalue weighted by Crippen LogP contribution is 2.30. The van der Waals surface area contributed by atoms with Gasteiger partial charge >= 0.3 is 17.6 Å². The summed E-state index contributed by atoms with van der Waals surface area (Å²) in [6, 6.07) is 18.1. The molecule has 1 saturated heterocycles. The van der Waals surface area contributed by atoms with Crippen LogP contribution in [0.2, 0.25) is 0 Å². The monoisotopic (exact) mass is 436 g/mol. The first-order chi connectivity index (χ1) is 15.5. The van der Waals surface area contributed by atoms with Gasteiger partial charge in [-0.3, -0.25) is 14.3 Å². The zero-order valence-corrected chi connectivity index (χ0v) is 16.9. The molecule has 2 aromatic carbocycles. The van der Waals surface area contributed by atoms with Crippen molar-refractivity contribution >= 4 is 11.9 Å². The lowest BCUT2D eigenvalue weighted by molar-refractivity contribution is -0.0582. The second kappa shape index (κ2) is 9.44. The van der Waals surface area contributed by atoms with Gasteiger partial charge in [0.05, 0.1) is 11.1 Å². The Bertz CT molecular complexity index is 1200. The van der Waals surface area contributed by atoms with E-state index in [1.54, 1.807) is 60.7 Å². The van der Waals surface area contributed by atoms with E-state index in [9.17, 15) is 19.2 Å². The molecule has 4 rings (SSSR count). The van der Waals surface area contributed by atoms with Crippen LogP contribution in [0.5, 0.6) is 0 Å². The molecule has 1 fully saturated rings. The molecule has 3 aromatic rings. The molecule has 0 spiro atoms. The van der Waals surface area contributed by atoms with Crippen molar-refractivity contribution in [2.24, 2.45) is 0 Å². The molecule has 0 aliphatic carbocycles. The van der Waals surface area contributed by atoms with E-state index in [0.717, 1.165) is 0 Å². The summed E-state index contributed by atoms with van der Waals surface area (Å²) in [6.07, 6.45) is -0.958. The van der Waals surface area contributed by atoms with Gasteiger partial charge in [0.1, 0.15) is 25.0 Å². The molecule has 0 saturated carbocycles. The van der Waals surface area contributed by atoms with Crippen LogP contribution in [0, 0.1) is 0 Å². The van der Waals surface area contributed by atoms with E-state index in [2.05, 4.69) is 4.98 Å². The second-order valence-corrected chi connectivity index (χ2v) is 7.16. The fourth-order valence-electron chi connectivity index (χ4n) is 3.39. The van der Waals surface area contributed by atoms with Crippen LogP contribution in [0.25, 0.3) is 0 Å². The minimum atomic E-state index is -0.812. The van der Waals surface area contributed by atoms with Gasteiger partial charge in [-0.2, -0.15) is 0 Å². The van der Waals surface area contributed by atoms with E-state index in [0.29, 0.717) is 11.1 Å². The van der Waals surface area contributed by atoms with Crippen molar-refractivity contribution in [3.05, 3.63) is 105 Å². The van der Waals surface area contributed by atoms with Crippen molar-refractivity contribution in [2.75, 3.05) is 6.61 Å². The van der Waals surface area contributed by atoms with Crippen molar-refractivity contribution in [3.8, 4) is 0 Å². The Hall–Kier alpha value is -3.98. The number of hydrogen-bond acceptors (Lipinski definition) is 7. The van der Waals surface area contributed by atoms with E-state index >= 15 is 0 Å². The van der Waals surface area contributed by atoms with Gasteiger partial charge in [-0.15, -0.1) is 0 Å². The van der Waals surface area contributed by atoms with Crippen molar-refractivity contribution in [2.45, 2.75) is 24.9 Å². The predicted molar refractivity (Wildman–Crippen MR) is 112 cm³/mol. The largest absolute Gasteiger partial charge is 0.459 e. The first kappa shape index (κ1) is 21.3. The molecule has 0 bridgehead atoms. The summed E-state index contributed by atoms with van der Waals surface area (Å²) >= 11 is 0. The fraction of sp³-hybridized carbons (Fsp3) is 0.217. The minimum absolute atomic E-state index is 0.137. The predicted octanol–water partition coefficient (Wildman–Crippen LogP) is 1.91. The van der Waals surface area contributed by atoms with Crippen LogP contribution in [-0.2, 0) is 14.2 Å². The molecule has 1 aromatic heterocycles. The summed E-state index contributed by atoms with van der Waals surface area (Å²) in [4.78, 5) is 50.6. The number of aromatic amines is 1. The van der Waals surface area contributed by atoms with Crippen molar-refractivity contribution < 1.29 is 23.8 Å². The number of carbonyl (C=O) groups excluding carboxylic acids is 2. The fourth-order valence-corrected chi connectivity index (χ4v) is 3.39. The zero-order valence-electron chi connectivity index (χ0n) is 16.9. The maximum absolute atomic E-state index is 12.6. The van der Waals surface area contributed by atoms with Gasteiger partial charge in [0.2, 0.25) is 0 Å². The number of hydrogen-bond donors (Lipinski definition) is 1. The highest BCUT2D eigenvalue weighted by molar-refractivity contribution is 5.90. The van der Waals surface area contributed by atoms with E-state index in [-0.39, 0.29) is 13.0 Å². The number of benzene rings is 2. The topological polar surface area (TPSA) is 117 Å². The van der Waals surface area contributed by atoms with Crippen molar-refractivity contribution in [1.29, 1.82) is 0 Å². The SMILES string of the molecule is O=C(OC[C@@H]1O[C@@H](n2ccc(=O)[nH]c2=O)C[C@H]1OC(=O)c1ccccc1)c1ccccc1. The zero-order chi connectivity index (χ0) is 22.5. The Morgan fingerprint density at radius 1 is 0.938 bits per heavy atom. The summed E-state index contributed by atoms with van der Waals surface area (Å²) in [7, 11) is 0. The Labute approximate surface area is 182 Å². The van der Waals surface area contributed by atoms with Crippen LogP contribution in [0.15, 0.2) is 82.5 Å². The lowest BCUT2D eigenvalue weighted by Crippen LogP contribution is -2.32. The van der Waals surface area contributed by atoms with Crippen molar-refractivity contribution in [3.63, 3.8) is 0 Å². The van der Waals surface area contributed by atoms with Gasteiger partial charge in [-0.1, -0.05) is 36.4 Å². The average molecular weight is 436 g/mol. The maximum atomic E-state index is 12.6. The molecule has 32 heavy (non-hydrogen) atoms. The number of ether oxygens (including phenoxy) is 3. The molecule has 1 aliphatic heterocycles. The molecule has 3 atom stereocenters. The molecule has 0 amide bonds. The highest BCUT2D eigenvalue weighted by atomic mass is 16.6. The smallest absolute Gasteiger partial charge is 0.338 e. The van der Waals surface area contributed by atoms with Crippen LogP contribution in [0.3, 0.4) is 0 Å². The van der Waals surface area contributed by atoms with Gasteiger partial charge < -0.3 is 14.2 Å².